The number of aliphatic hydroxyl groups excluding tert-OH is 1. The number of nitrogens with zero attached hydrogens (tertiary/aromatic N) is 1. The Bertz CT molecular complexity index is 548. The Hall–Kier alpha value is -1.07. The SMILES string of the molecule is CC1CN(C(=O)/C=C/c2ccc(Cl)cc2Cl)CC(CO)O1. The lowest BCUT2D eigenvalue weighted by molar-refractivity contribution is -0.142. The van der Waals surface area contributed by atoms with Gasteiger partial charge >= 0.3 is 0 Å². The Morgan fingerprint density at radius 1 is 1.48 bits per heavy atom. The van der Waals surface area contributed by atoms with E-state index >= 15 is 0 Å². The molecule has 0 spiro atoms. The normalized spacial score (nSPS) is 22.8. The molecule has 1 aliphatic heterocycles. The first kappa shape index (κ1) is 16.3. The van der Waals surface area contributed by atoms with Gasteiger partial charge in [-0.1, -0.05) is 29.3 Å². The molecule has 0 aromatic heterocycles. The average molecular weight is 330 g/mol. The largest absolute Gasteiger partial charge is 0.394 e. The predicted octanol–water partition coefficient (Wildman–Crippen LogP) is 2.61. The van der Waals surface area contributed by atoms with Crippen LogP contribution >= 0.6 is 23.2 Å². The first-order chi connectivity index (χ1) is 9.99. The summed E-state index contributed by atoms with van der Waals surface area (Å²) in [6.45, 7) is 2.68. The molecule has 2 atom stereocenters. The van der Waals surface area contributed by atoms with Gasteiger partial charge in [-0.05, 0) is 30.7 Å². The molecule has 6 heteroatoms. The average Bonchev–Trinajstić information content (AvgIpc) is 2.45. The summed E-state index contributed by atoms with van der Waals surface area (Å²) in [6, 6.07) is 5.11. The monoisotopic (exact) mass is 329 g/mol. The second-order valence-electron chi connectivity index (χ2n) is 4.99. The molecule has 21 heavy (non-hydrogen) atoms. The van der Waals surface area contributed by atoms with Gasteiger partial charge in [-0.3, -0.25) is 4.79 Å². The maximum atomic E-state index is 12.2. The van der Waals surface area contributed by atoms with Gasteiger partial charge in [0.2, 0.25) is 5.91 Å². The zero-order chi connectivity index (χ0) is 15.4. The molecule has 1 aliphatic rings. The molecular formula is C15H17Cl2NO3. The van der Waals surface area contributed by atoms with Crippen molar-refractivity contribution in [3.63, 3.8) is 0 Å². The molecule has 1 amide bonds. The van der Waals surface area contributed by atoms with Crippen LogP contribution < -0.4 is 0 Å². The number of halogens is 2. The molecule has 2 unspecified atom stereocenters. The summed E-state index contributed by atoms with van der Waals surface area (Å²) in [7, 11) is 0. The van der Waals surface area contributed by atoms with E-state index in [4.69, 9.17) is 33.0 Å². The van der Waals surface area contributed by atoms with Crippen LogP contribution in [0.1, 0.15) is 12.5 Å². The number of hydrogen-bond donors (Lipinski definition) is 1. The molecule has 2 rings (SSSR count). The van der Waals surface area contributed by atoms with E-state index in [9.17, 15) is 4.79 Å². The molecular weight excluding hydrogens is 313 g/mol. The van der Waals surface area contributed by atoms with Gasteiger partial charge in [-0.15, -0.1) is 0 Å². The van der Waals surface area contributed by atoms with Crippen LogP contribution in [0, 0.1) is 0 Å². The fourth-order valence-electron chi connectivity index (χ4n) is 2.23. The molecule has 114 valence electrons. The van der Waals surface area contributed by atoms with Crippen molar-refractivity contribution in [1.29, 1.82) is 0 Å². The van der Waals surface area contributed by atoms with Crippen LogP contribution in [-0.2, 0) is 9.53 Å². The molecule has 1 heterocycles. The minimum Gasteiger partial charge on any atom is -0.394 e. The first-order valence-corrected chi connectivity index (χ1v) is 7.43. The van der Waals surface area contributed by atoms with Crippen LogP contribution in [0.25, 0.3) is 6.08 Å². The van der Waals surface area contributed by atoms with Gasteiger partial charge in [0.1, 0.15) is 0 Å². The van der Waals surface area contributed by atoms with Gasteiger partial charge in [-0.2, -0.15) is 0 Å². The van der Waals surface area contributed by atoms with Crippen molar-refractivity contribution >= 4 is 35.2 Å². The Morgan fingerprint density at radius 2 is 2.24 bits per heavy atom. The van der Waals surface area contributed by atoms with E-state index < -0.39 is 0 Å². The summed E-state index contributed by atoms with van der Waals surface area (Å²) >= 11 is 11.9. The van der Waals surface area contributed by atoms with Gasteiger partial charge in [0.25, 0.3) is 0 Å². The predicted molar refractivity (Wildman–Crippen MR) is 83.5 cm³/mol. The van der Waals surface area contributed by atoms with Crippen molar-refractivity contribution in [2.24, 2.45) is 0 Å². The minimum absolute atomic E-state index is 0.0904. The van der Waals surface area contributed by atoms with Gasteiger partial charge in [0.15, 0.2) is 0 Å². The van der Waals surface area contributed by atoms with E-state index in [0.29, 0.717) is 23.1 Å². The van der Waals surface area contributed by atoms with Crippen LogP contribution in [-0.4, -0.2) is 47.8 Å². The topological polar surface area (TPSA) is 49.8 Å². The fraction of sp³-hybridized carbons (Fsp3) is 0.400. The Kier molecular flexibility index (Phi) is 5.65. The summed E-state index contributed by atoms with van der Waals surface area (Å²) in [6.07, 6.45) is 2.72. The Labute approximate surface area is 133 Å². The lowest BCUT2D eigenvalue weighted by Crippen LogP contribution is -2.49. The first-order valence-electron chi connectivity index (χ1n) is 6.68. The minimum atomic E-state index is -0.329. The fourth-order valence-corrected chi connectivity index (χ4v) is 2.70. The highest BCUT2D eigenvalue weighted by Crippen LogP contribution is 2.22. The molecule has 0 radical (unpaired) electrons. The van der Waals surface area contributed by atoms with E-state index in [2.05, 4.69) is 0 Å². The van der Waals surface area contributed by atoms with Crippen molar-refractivity contribution in [2.75, 3.05) is 19.7 Å². The quantitative estimate of drug-likeness (QED) is 0.867. The summed E-state index contributed by atoms with van der Waals surface area (Å²) in [4.78, 5) is 13.9. The number of amides is 1. The number of rotatable bonds is 3. The lowest BCUT2D eigenvalue weighted by atomic mass is 10.2. The number of carbonyl (C=O) groups excluding carboxylic acids is 1. The van der Waals surface area contributed by atoms with Crippen molar-refractivity contribution in [3.05, 3.63) is 39.9 Å². The van der Waals surface area contributed by atoms with Crippen molar-refractivity contribution in [3.8, 4) is 0 Å². The number of hydrogen-bond acceptors (Lipinski definition) is 3. The third-order valence-electron chi connectivity index (χ3n) is 3.21. The second kappa shape index (κ2) is 7.27. The van der Waals surface area contributed by atoms with Crippen molar-refractivity contribution in [2.45, 2.75) is 19.1 Å². The van der Waals surface area contributed by atoms with Gasteiger partial charge < -0.3 is 14.7 Å². The van der Waals surface area contributed by atoms with Gasteiger partial charge in [0.05, 0.1) is 18.8 Å². The summed E-state index contributed by atoms with van der Waals surface area (Å²) in [5.74, 6) is -0.130. The highest BCUT2D eigenvalue weighted by molar-refractivity contribution is 6.35. The number of aliphatic hydroxyl groups is 1. The summed E-state index contributed by atoms with van der Waals surface area (Å²) in [5.41, 5.74) is 0.731. The number of benzene rings is 1. The van der Waals surface area contributed by atoms with Gasteiger partial charge in [-0.25, -0.2) is 0 Å². The van der Waals surface area contributed by atoms with E-state index in [1.165, 1.54) is 6.08 Å². The van der Waals surface area contributed by atoms with Crippen LogP contribution in [0.3, 0.4) is 0 Å². The van der Waals surface area contributed by atoms with E-state index in [1.54, 1.807) is 29.2 Å². The lowest BCUT2D eigenvalue weighted by Gasteiger charge is -2.35. The van der Waals surface area contributed by atoms with Gasteiger partial charge in [0, 0.05) is 29.2 Å². The number of morpholine rings is 1. The molecule has 1 aromatic carbocycles. The number of carbonyl (C=O) groups is 1. The third kappa shape index (κ3) is 4.45. The molecule has 1 aromatic rings. The Morgan fingerprint density at radius 3 is 2.90 bits per heavy atom. The third-order valence-corrected chi connectivity index (χ3v) is 3.77. The maximum absolute atomic E-state index is 12.2. The van der Waals surface area contributed by atoms with E-state index in [0.717, 1.165) is 5.56 Å². The second-order valence-corrected chi connectivity index (χ2v) is 5.84. The molecule has 1 fully saturated rings. The zero-order valence-corrected chi connectivity index (χ0v) is 13.1. The Balaban J connectivity index is 2.04. The molecule has 0 saturated carbocycles. The van der Waals surface area contributed by atoms with Crippen molar-refractivity contribution in [1.82, 2.24) is 4.90 Å². The molecule has 0 bridgehead atoms. The van der Waals surface area contributed by atoms with Crippen LogP contribution in [0.4, 0.5) is 0 Å². The summed E-state index contributed by atoms with van der Waals surface area (Å²) < 4.78 is 5.51. The molecule has 0 aliphatic carbocycles. The van der Waals surface area contributed by atoms with Crippen LogP contribution in [0.15, 0.2) is 24.3 Å². The zero-order valence-electron chi connectivity index (χ0n) is 11.6. The molecule has 4 nitrogen and oxygen atoms in total. The highest BCUT2D eigenvalue weighted by Gasteiger charge is 2.26. The van der Waals surface area contributed by atoms with Crippen LogP contribution in [0.2, 0.25) is 10.0 Å². The standard InChI is InChI=1S/C15H17Cl2NO3/c1-10-7-18(8-13(9-19)21-10)15(20)5-3-11-2-4-12(16)6-14(11)17/h2-6,10,13,19H,7-9H2,1H3/b5-3+. The van der Waals surface area contributed by atoms with E-state index in [1.807, 2.05) is 6.92 Å². The van der Waals surface area contributed by atoms with Crippen molar-refractivity contribution < 1.29 is 14.6 Å². The number of ether oxygens (including phenoxy) is 1. The van der Waals surface area contributed by atoms with Crippen LogP contribution in [0.5, 0.6) is 0 Å². The smallest absolute Gasteiger partial charge is 0.246 e. The molecule has 1 saturated heterocycles. The maximum Gasteiger partial charge on any atom is 0.246 e. The summed E-state index contributed by atoms with van der Waals surface area (Å²) in [5, 5.41) is 10.2. The molecule has 1 N–H and O–H groups in total. The van der Waals surface area contributed by atoms with E-state index in [-0.39, 0.29) is 24.7 Å². The highest BCUT2D eigenvalue weighted by atomic mass is 35.5.